The lowest BCUT2D eigenvalue weighted by atomic mass is 9.54. The number of aliphatic hydroxyl groups is 1. The standard InChI is InChI=1S/C30H23Cl2F3N6O6/c1-38-27(45)39-9-8-18-21(41(39)28(38)46)11-19-25(43)40(37-24-20(32)10-15(12-36-24)30(33,34)35)26(44)29(19,14-2-4-16(31)5-3-14)23(18)22-7-6-17(13-42)47-22/h2-8,10,12,19,21,23,42H,9,11,13H2,1H3,(H,36,37)/t19-,21+,23+,29+/m0/s1. The van der Waals surface area contributed by atoms with Crippen LogP contribution in [0.15, 0.2) is 74.3 Å². The van der Waals surface area contributed by atoms with Gasteiger partial charge in [0.25, 0.3) is 11.8 Å². The molecule has 2 N–H and O–H groups in total. The zero-order valence-corrected chi connectivity index (χ0v) is 25.7. The first kappa shape index (κ1) is 31.0. The molecule has 2 aliphatic heterocycles. The highest BCUT2D eigenvalue weighted by Gasteiger charge is 2.69. The third-order valence-corrected chi connectivity index (χ3v) is 9.67. The third kappa shape index (κ3) is 4.43. The van der Waals surface area contributed by atoms with Gasteiger partial charge in [-0.2, -0.15) is 18.2 Å². The maximum absolute atomic E-state index is 14.9. The Morgan fingerprint density at radius 1 is 1.09 bits per heavy atom. The molecular formula is C30H23Cl2F3N6O6. The van der Waals surface area contributed by atoms with Gasteiger partial charge in [0.2, 0.25) is 0 Å². The van der Waals surface area contributed by atoms with Crippen LogP contribution in [-0.2, 0) is 41.4 Å². The van der Waals surface area contributed by atoms with Crippen LogP contribution in [-0.4, -0.2) is 40.8 Å². The minimum Gasteiger partial charge on any atom is -0.463 e. The Bertz CT molecular complexity index is 2120. The molecule has 12 nitrogen and oxygen atoms in total. The fraction of sp³-hybridized carbons (Fsp3) is 0.300. The summed E-state index contributed by atoms with van der Waals surface area (Å²) in [6.45, 7) is -0.496. The number of fused-ring (bicyclic) bond motifs is 4. The van der Waals surface area contributed by atoms with E-state index in [0.29, 0.717) is 33.4 Å². The van der Waals surface area contributed by atoms with Crippen LogP contribution >= 0.6 is 23.2 Å². The van der Waals surface area contributed by atoms with Gasteiger partial charge in [0.1, 0.15) is 23.5 Å². The summed E-state index contributed by atoms with van der Waals surface area (Å²) in [6.07, 6.45) is -2.64. The van der Waals surface area contributed by atoms with Crippen molar-refractivity contribution >= 4 is 40.8 Å². The SMILES string of the molecule is Cn1c(=O)n2n(c1=O)[C@@H]1C[C@H]3C(=O)N(Nc4ncc(C(F)(F)F)cc4Cl)C(=O)[C@@]3(c3ccc(Cl)cc3)[C@@H](c3ccc(CO)o3)C1=CC2. The molecule has 4 atom stereocenters. The molecule has 17 heteroatoms. The Kier molecular flexibility index (Phi) is 7.07. The van der Waals surface area contributed by atoms with E-state index in [-0.39, 0.29) is 30.3 Å². The van der Waals surface area contributed by atoms with Crippen molar-refractivity contribution in [3.8, 4) is 0 Å². The Hall–Kier alpha value is -4.60. The number of hydrogen-bond acceptors (Lipinski definition) is 8. The number of amides is 2. The van der Waals surface area contributed by atoms with Gasteiger partial charge in [-0.1, -0.05) is 41.4 Å². The fourth-order valence-corrected chi connectivity index (χ4v) is 7.43. The summed E-state index contributed by atoms with van der Waals surface area (Å²) in [5, 5.41) is 10.4. The van der Waals surface area contributed by atoms with E-state index in [4.69, 9.17) is 27.6 Å². The van der Waals surface area contributed by atoms with Gasteiger partial charge in [0.15, 0.2) is 5.82 Å². The van der Waals surface area contributed by atoms with E-state index >= 15 is 0 Å². The van der Waals surface area contributed by atoms with E-state index in [1.807, 2.05) is 0 Å². The maximum Gasteiger partial charge on any atom is 0.417 e. The number of nitrogens with one attached hydrogen (secondary N) is 1. The molecule has 3 aromatic heterocycles. The number of aromatic nitrogens is 4. The zero-order chi connectivity index (χ0) is 33.6. The van der Waals surface area contributed by atoms with Crippen LogP contribution in [0.2, 0.25) is 10.0 Å². The summed E-state index contributed by atoms with van der Waals surface area (Å²) >= 11 is 12.4. The molecule has 2 fully saturated rings. The number of pyridine rings is 1. The highest BCUT2D eigenvalue weighted by Crippen LogP contribution is 2.62. The Morgan fingerprint density at radius 2 is 1.81 bits per heavy atom. The van der Waals surface area contributed by atoms with E-state index in [0.717, 1.165) is 4.57 Å². The van der Waals surface area contributed by atoms with E-state index in [1.165, 1.54) is 22.5 Å². The van der Waals surface area contributed by atoms with E-state index in [1.54, 1.807) is 36.4 Å². The molecule has 47 heavy (non-hydrogen) atoms. The second-order valence-electron chi connectivity index (χ2n) is 11.5. The number of carbonyl (C=O) groups excluding carboxylic acids is 2. The number of rotatable bonds is 5. The number of benzene rings is 1. The number of aliphatic hydroxyl groups excluding tert-OH is 1. The summed E-state index contributed by atoms with van der Waals surface area (Å²) in [4.78, 5) is 59.4. The quantitative estimate of drug-likeness (QED) is 0.238. The lowest BCUT2D eigenvalue weighted by Crippen LogP contribution is -2.53. The number of halogens is 5. The minimum absolute atomic E-state index is 0.0264. The molecule has 7 rings (SSSR count). The average Bonchev–Trinajstić information content (AvgIpc) is 3.67. The monoisotopic (exact) mass is 690 g/mol. The van der Waals surface area contributed by atoms with Crippen molar-refractivity contribution in [3.63, 3.8) is 0 Å². The number of furan rings is 1. The lowest BCUT2D eigenvalue weighted by molar-refractivity contribution is -0.139. The largest absolute Gasteiger partial charge is 0.463 e. The second kappa shape index (κ2) is 10.7. The average molecular weight is 691 g/mol. The molecule has 3 aliphatic rings. The van der Waals surface area contributed by atoms with Crippen LogP contribution in [0, 0.1) is 5.92 Å². The van der Waals surface area contributed by atoms with Crippen molar-refractivity contribution in [1.29, 1.82) is 0 Å². The Balaban J connectivity index is 1.45. The van der Waals surface area contributed by atoms with E-state index in [9.17, 15) is 37.5 Å². The number of hydrazine groups is 1. The number of nitrogens with zero attached hydrogens (tertiary/aromatic N) is 5. The smallest absolute Gasteiger partial charge is 0.417 e. The van der Waals surface area contributed by atoms with Gasteiger partial charge >= 0.3 is 17.6 Å². The number of hydrogen-bond donors (Lipinski definition) is 2. The van der Waals surface area contributed by atoms with Crippen molar-refractivity contribution < 1.29 is 32.3 Å². The number of imide groups is 1. The molecule has 2 amide bonds. The summed E-state index contributed by atoms with van der Waals surface area (Å²) in [5.74, 6) is -3.90. The molecular weight excluding hydrogens is 668 g/mol. The molecule has 1 aromatic carbocycles. The Morgan fingerprint density at radius 3 is 2.45 bits per heavy atom. The third-order valence-electron chi connectivity index (χ3n) is 9.13. The minimum atomic E-state index is -4.74. The molecule has 0 radical (unpaired) electrons. The predicted molar refractivity (Wildman–Crippen MR) is 159 cm³/mol. The molecule has 0 unspecified atom stereocenters. The van der Waals surface area contributed by atoms with Gasteiger partial charge in [-0.25, -0.2) is 28.5 Å². The van der Waals surface area contributed by atoms with Crippen LogP contribution in [0.1, 0.15) is 41.0 Å². The summed E-state index contributed by atoms with van der Waals surface area (Å²) in [5.41, 5.74) is -0.691. The number of carbonyl (C=O) groups is 2. The normalized spacial score (nSPS) is 23.8. The highest BCUT2D eigenvalue weighted by molar-refractivity contribution is 6.33. The molecule has 5 heterocycles. The highest BCUT2D eigenvalue weighted by atomic mass is 35.5. The molecule has 1 aliphatic carbocycles. The first-order valence-corrected chi connectivity index (χ1v) is 15.0. The molecule has 0 bridgehead atoms. The molecule has 244 valence electrons. The number of alkyl halides is 3. The van der Waals surface area contributed by atoms with Crippen molar-refractivity contribution in [1.82, 2.24) is 23.9 Å². The maximum atomic E-state index is 14.9. The van der Waals surface area contributed by atoms with Crippen LogP contribution < -0.4 is 16.8 Å². The fourth-order valence-electron chi connectivity index (χ4n) is 7.10. The van der Waals surface area contributed by atoms with Crippen LogP contribution in [0.5, 0.6) is 0 Å². The van der Waals surface area contributed by atoms with Gasteiger partial charge in [-0.3, -0.25) is 15.0 Å². The number of anilines is 1. The predicted octanol–water partition coefficient (Wildman–Crippen LogP) is 3.77. The van der Waals surface area contributed by atoms with E-state index in [2.05, 4.69) is 10.4 Å². The zero-order valence-electron chi connectivity index (χ0n) is 24.2. The van der Waals surface area contributed by atoms with Gasteiger partial charge in [-0.05, 0) is 47.9 Å². The van der Waals surface area contributed by atoms with Crippen molar-refractivity contribution in [2.45, 2.75) is 43.1 Å². The molecule has 1 saturated heterocycles. The lowest BCUT2D eigenvalue weighted by Gasteiger charge is -2.47. The van der Waals surface area contributed by atoms with Crippen molar-refractivity contribution in [3.05, 3.63) is 114 Å². The first-order valence-electron chi connectivity index (χ1n) is 14.2. The first-order chi connectivity index (χ1) is 22.3. The molecule has 0 spiro atoms. The number of allylic oxidation sites excluding steroid dienone is 2. The summed E-state index contributed by atoms with van der Waals surface area (Å²) in [6, 6.07) is 9.08. The van der Waals surface area contributed by atoms with Crippen LogP contribution in [0.25, 0.3) is 0 Å². The molecule has 4 aromatic rings. The molecule has 1 saturated carbocycles. The van der Waals surface area contributed by atoms with Gasteiger partial charge in [0, 0.05) is 18.3 Å². The Labute approximate surface area is 272 Å². The summed E-state index contributed by atoms with van der Waals surface area (Å²) < 4.78 is 49.4. The van der Waals surface area contributed by atoms with Gasteiger partial charge in [0.05, 0.1) is 35.0 Å². The summed E-state index contributed by atoms with van der Waals surface area (Å²) in [7, 11) is 1.33. The topological polar surface area (TPSA) is 145 Å². The van der Waals surface area contributed by atoms with Gasteiger partial charge in [-0.15, -0.1) is 0 Å². The van der Waals surface area contributed by atoms with Crippen LogP contribution in [0.3, 0.4) is 0 Å². The second-order valence-corrected chi connectivity index (χ2v) is 12.3. The van der Waals surface area contributed by atoms with Crippen LogP contribution in [0.4, 0.5) is 19.0 Å². The van der Waals surface area contributed by atoms with Crippen molar-refractivity contribution in [2.24, 2.45) is 13.0 Å². The van der Waals surface area contributed by atoms with Gasteiger partial charge < -0.3 is 9.52 Å². The van der Waals surface area contributed by atoms with Crippen molar-refractivity contribution in [2.75, 3.05) is 5.43 Å². The van der Waals surface area contributed by atoms with E-state index < -0.39 is 69.9 Å².